The summed E-state index contributed by atoms with van der Waals surface area (Å²) in [5.74, 6) is -0.580. The minimum atomic E-state index is -3.77. The first kappa shape index (κ1) is 30.5. The number of carboxylic acids is 1. The van der Waals surface area contributed by atoms with E-state index in [1.165, 1.54) is 11.4 Å². The van der Waals surface area contributed by atoms with Crippen LogP contribution in [0.5, 0.6) is 0 Å². The van der Waals surface area contributed by atoms with Crippen molar-refractivity contribution in [2.24, 2.45) is 0 Å². The summed E-state index contributed by atoms with van der Waals surface area (Å²) in [5.41, 5.74) is 3.02. The van der Waals surface area contributed by atoms with Gasteiger partial charge in [0.2, 0.25) is 15.7 Å². The Morgan fingerprint density at radius 2 is 1.93 bits per heavy atom. The van der Waals surface area contributed by atoms with E-state index in [1.54, 1.807) is 7.05 Å². The normalized spacial score (nSPS) is 14.2. The van der Waals surface area contributed by atoms with E-state index in [-0.39, 0.29) is 42.9 Å². The van der Waals surface area contributed by atoms with Crippen molar-refractivity contribution < 1.29 is 37.0 Å². The zero-order valence-corrected chi connectivity index (χ0v) is 24.6. The number of carbonyl (C=O) groups excluding carboxylic acids is 1. The summed E-state index contributed by atoms with van der Waals surface area (Å²) < 4.78 is 44.2. The number of carboxylic acid groups (broad SMARTS) is 1. The number of benzene rings is 1. The van der Waals surface area contributed by atoms with Crippen molar-refractivity contribution in [2.45, 2.75) is 51.0 Å². The van der Waals surface area contributed by atoms with Gasteiger partial charge >= 0.3 is 5.97 Å². The number of aromatic nitrogens is 1. The lowest BCUT2D eigenvalue weighted by molar-refractivity contribution is -0.140. The van der Waals surface area contributed by atoms with Crippen molar-refractivity contribution >= 4 is 38.8 Å². The Morgan fingerprint density at radius 3 is 2.51 bits per heavy atom. The first-order valence-corrected chi connectivity index (χ1v) is 15.4. The van der Waals surface area contributed by atoms with Crippen molar-refractivity contribution in [1.29, 1.82) is 0 Å². The van der Waals surface area contributed by atoms with Crippen LogP contribution in [0.3, 0.4) is 0 Å². The van der Waals surface area contributed by atoms with Crippen molar-refractivity contribution in [3.8, 4) is 11.3 Å². The fraction of sp³-hybridized carbons (Fsp3) is 0.483. The van der Waals surface area contributed by atoms with Crippen LogP contribution in [0, 0.1) is 6.92 Å². The van der Waals surface area contributed by atoms with Gasteiger partial charge in [0.1, 0.15) is 11.6 Å². The van der Waals surface area contributed by atoms with Crippen LogP contribution in [0.1, 0.15) is 59.5 Å². The average molecular weight is 588 g/mol. The number of carbonyl (C=O) groups is 2. The quantitative estimate of drug-likeness (QED) is 0.251. The van der Waals surface area contributed by atoms with E-state index < -0.39 is 22.1 Å². The number of nitrogens with one attached hydrogen (secondary N) is 1. The molecule has 4 rings (SSSR count). The molecule has 2 heterocycles. The number of anilines is 1. The third-order valence-corrected chi connectivity index (χ3v) is 8.20. The van der Waals surface area contributed by atoms with Crippen molar-refractivity contribution in [3.05, 3.63) is 47.0 Å². The second kappa shape index (κ2) is 13.0. The Balaban J connectivity index is 1.73. The maximum atomic E-state index is 13.1. The van der Waals surface area contributed by atoms with E-state index in [2.05, 4.69) is 5.32 Å². The smallest absolute Gasteiger partial charge is 0.305 e. The van der Waals surface area contributed by atoms with Gasteiger partial charge in [-0.15, -0.1) is 0 Å². The van der Waals surface area contributed by atoms with E-state index in [4.69, 9.17) is 18.9 Å². The maximum absolute atomic E-state index is 13.1. The van der Waals surface area contributed by atoms with Gasteiger partial charge in [-0.25, -0.2) is 8.42 Å². The first-order chi connectivity index (χ1) is 19.5. The standard InChI is InChI=1S/C29H37N3O8S/c1-18-7-9-20(10-8-18)26-25(28(35)30-2)23-17-22(19-11-12-19)27(31-29(23)40-26)32(41(4,36)37)13-5-6-21(16-24(33)34)39-15-14-38-3/h7-10,17,19,21H,5-6,11-16H2,1-4H3,(H,30,35)(H,33,34). The maximum Gasteiger partial charge on any atom is 0.305 e. The van der Waals surface area contributed by atoms with E-state index >= 15 is 0 Å². The molecule has 11 nitrogen and oxygen atoms in total. The van der Waals surface area contributed by atoms with Crippen LogP contribution in [0.15, 0.2) is 34.7 Å². The van der Waals surface area contributed by atoms with Crippen molar-refractivity contribution in [1.82, 2.24) is 10.3 Å². The van der Waals surface area contributed by atoms with E-state index in [9.17, 15) is 23.1 Å². The predicted molar refractivity (Wildman–Crippen MR) is 155 cm³/mol. The molecular formula is C29H37N3O8S. The molecule has 0 spiro atoms. The molecule has 222 valence electrons. The van der Waals surface area contributed by atoms with Gasteiger partial charge in [-0.05, 0) is 50.2 Å². The molecule has 0 aliphatic heterocycles. The van der Waals surface area contributed by atoms with Crippen LogP contribution in [0.2, 0.25) is 0 Å². The number of amides is 1. The highest BCUT2D eigenvalue weighted by molar-refractivity contribution is 7.92. The summed E-state index contributed by atoms with van der Waals surface area (Å²) in [7, 11) is -0.689. The number of fused-ring (bicyclic) bond motifs is 1. The Kier molecular flexibility index (Phi) is 9.67. The molecule has 41 heavy (non-hydrogen) atoms. The number of nitrogens with zero attached hydrogens (tertiary/aromatic N) is 2. The van der Waals surface area contributed by atoms with E-state index in [0.29, 0.717) is 41.7 Å². The van der Waals surface area contributed by atoms with Gasteiger partial charge in [-0.2, -0.15) is 4.98 Å². The summed E-state index contributed by atoms with van der Waals surface area (Å²) in [6.45, 7) is 2.61. The third-order valence-electron chi connectivity index (χ3n) is 7.04. The number of methoxy groups -OCH3 is 1. The van der Waals surface area contributed by atoms with Gasteiger partial charge in [0.05, 0.1) is 42.9 Å². The van der Waals surface area contributed by atoms with Crippen LogP contribution >= 0.6 is 0 Å². The topological polar surface area (TPSA) is 148 Å². The molecule has 1 aromatic carbocycles. The van der Waals surface area contributed by atoms with Gasteiger partial charge in [-0.1, -0.05) is 29.8 Å². The molecule has 0 saturated heterocycles. The zero-order chi connectivity index (χ0) is 29.7. The highest BCUT2D eigenvalue weighted by Crippen LogP contribution is 2.46. The largest absolute Gasteiger partial charge is 0.481 e. The molecule has 3 aromatic rings. The minimum Gasteiger partial charge on any atom is -0.481 e. The van der Waals surface area contributed by atoms with Gasteiger partial charge in [-0.3, -0.25) is 13.9 Å². The van der Waals surface area contributed by atoms with Crippen LogP contribution in [0.25, 0.3) is 22.4 Å². The molecule has 1 aliphatic rings. The van der Waals surface area contributed by atoms with E-state index in [1.807, 2.05) is 37.3 Å². The molecule has 2 N–H and O–H groups in total. The van der Waals surface area contributed by atoms with Crippen LogP contribution in [-0.4, -0.2) is 76.7 Å². The SMILES string of the molecule is CNC(=O)c1c(-c2ccc(C)cc2)oc2nc(N(CCCC(CC(=O)O)OCCOC)S(C)(=O)=O)c(C3CC3)cc12. The number of ether oxygens (including phenoxy) is 2. The number of hydrogen-bond donors (Lipinski definition) is 2. The summed E-state index contributed by atoms with van der Waals surface area (Å²) in [5, 5.41) is 12.5. The molecule has 1 fully saturated rings. The average Bonchev–Trinajstić information content (AvgIpc) is 3.70. The molecule has 0 radical (unpaired) electrons. The fourth-order valence-corrected chi connectivity index (χ4v) is 5.73. The highest BCUT2D eigenvalue weighted by atomic mass is 32.2. The van der Waals surface area contributed by atoms with Gasteiger partial charge in [0, 0.05) is 26.3 Å². The lowest BCUT2D eigenvalue weighted by Crippen LogP contribution is -2.33. The zero-order valence-electron chi connectivity index (χ0n) is 23.8. The number of aryl methyl sites for hydroxylation is 1. The number of aliphatic carboxylic acids is 1. The molecule has 12 heteroatoms. The molecule has 0 bridgehead atoms. The predicted octanol–water partition coefficient (Wildman–Crippen LogP) is 4.09. The molecular weight excluding hydrogens is 550 g/mol. The summed E-state index contributed by atoms with van der Waals surface area (Å²) in [6, 6.07) is 9.42. The lowest BCUT2D eigenvalue weighted by Gasteiger charge is -2.25. The number of hydrogen-bond acceptors (Lipinski definition) is 8. The van der Waals surface area contributed by atoms with Crippen LogP contribution in [-0.2, 0) is 24.3 Å². The highest BCUT2D eigenvalue weighted by Gasteiger charge is 2.34. The fourth-order valence-electron chi connectivity index (χ4n) is 4.81. The number of sulfonamides is 1. The molecule has 1 unspecified atom stereocenters. The second-order valence-electron chi connectivity index (χ2n) is 10.3. The van der Waals surface area contributed by atoms with Crippen LogP contribution < -0.4 is 9.62 Å². The van der Waals surface area contributed by atoms with Crippen molar-refractivity contribution in [2.75, 3.05) is 44.5 Å². The van der Waals surface area contributed by atoms with Gasteiger partial charge in [0.15, 0.2) is 0 Å². The molecule has 1 atom stereocenters. The summed E-state index contributed by atoms with van der Waals surface area (Å²) in [6.07, 6.45) is 2.78. The Hall–Kier alpha value is -3.48. The molecule has 1 aliphatic carbocycles. The number of rotatable bonds is 15. The van der Waals surface area contributed by atoms with Crippen molar-refractivity contribution in [3.63, 3.8) is 0 Å². The minimum absolute atomic E-state index is 0.0780. The molecule has 1 saturated carbocycles. The first-order valence-electron chi connectivity index (χ1n) is 13.6. The summed E-state index contributed by atoms with van der Waals surface area (Å²) >= 11 is 0. The Labute approximate surface area is 239 Å². The lowest BCUT2D eigenvalue weighted by atomic mass is 10.0. The molecule has 1 amide bonds. The van der Waals surface area contributed by atoms with Gasteiger partial charge in [0.25, 0.3) is 5.91 Å². The van der Waals surface area contributed by atoms with E-state index in [0.717, 1.165) is 30.2 Å². The third kappa shape index (κ3) is 7.43. The molecule has 2 aromatic heterocycles. The summed E-state index contributed by atoms with van der Waals surface area (Å²) in [4.78, 5) is 29.1. The number of pyridine rings is 1. The Bertz CT molecular complexity index is 1500. The van der Waals surface area contributed by atoms with Gasteiger partial charge < -0.3 is 24.3 Å². The second-order valence-corrected chi connectivity index (χ2v) is 12.2. The number of furan rings is 1. The Morgan fingerprint density at radius 1 is 1.22 bits per heavy atom. The monoisotopic (exact) mass is 587 g/mol. The van der Waals surface area contributed by atoms with Crippen LogP contribution in [0.4, 0.5) is 5.82 Å².